The summed E-state index contributed by atoms with van der Waals surface area (Å²) in [6, 6.07) is 13.5. The topological polar surface area (TPSA) is 12.0 Å². The number of anilines is 1. The summed E-state index contributed by atoms with van der Waals surface area (Å²) in [4.78, 5) is 0. The van der Waals surface area contributed by atoms with Gasteiger partial charge in [-0.15, -0.1) is 0 Å². The van der Waals surface area contributed by atoms with Crippen molar-refractivity contribution < 1.29 is 4.39 Å². The molecule has 1 nitrogen and oxygen atoms in total. The van der Waals surface area contributed by atoms with E-state index in [1.807, 2.05) is 12.1 Å². The standard InChI is InChI=1S/C18H15BrFN/c19-12-6-9-17-16(10-12)14-2-1-3-15(14)18(21-17)11-4-7-13(20)8-5-11/h1-2,4-10,14-15,18,21H,3H2/t14-,15+,18+/m1/s1. The number of benzene rings is 2. The SMILES string of the molecule is Fc1ccc([C@@H]2Nc3ccc(Br)cc3[C@@H]3C=CC[C@@H]32)cc1. The Morgan fingerprint density at radius 3 is 2.71 bits per heavy atom. The van der Waals surface area contributed by atoms with Crippen LogP contribution >= 0.6 is 15.9 Å². The van der Waals surface area contributed by atoms with E-state index in [1.54, 1.807) is 12.1 Å². The summed E-state index contributed by atoms with van der Waals surface area (Å²) in [5, 5.41) is 3.65. The Balaban J connectivity index is 1.78. The Morgan fingerprint density at radius 2 is 1.90 bits per heavy atom. The number of nitrogens with one attached hydrogen (secondary N) is 1. The maximum atomic E-state index is 13.2. The lowest BCUT2D eigenvalue weighted by Gasteiger charge is -2.37. The Kier molecular flexibility index (Phi) is 3.11. The quantitative estimate of drug-likeness (QED) is 0.682. The highest BCUT2D eigenvalue weighted by Gasteiger charge is 2.37. The Labute approximate surface area is 132 Å². The van der Waals surface area contributed by atoms with Crippen LogP contribution in [-0.4, -0.2) is 0 Å². The number of hydrogen-bond acceptors (Lipinski definition) is 1. The normalized spacial score (nSPS) is 26.1. The van der Waals surface area contributed by atoms with Gasteiger partial charge in [-0.1, -0.05) is 40.2 Å². The fourth-order valence-corrected chi connectivity index (χ4v) is 3.94. The molecule has 21 heavy (non-hydrogen) atoms. The molecule has 0 amide bonds. The molecule has 1 heterocycles. The molecule has 0 saturated heterocycles. The molecular formula is C18H15BrFN. The summed E-state index contributed by atoms with van der Waals surface area (Å²) in [7, 11) is 0. The molecule has 0 radical (unpaired) electrons. The maximum absolute atomic E-state index is 13.2. The van der Waals surface area contributed by atoms with Crippen molar-refractivity contribution in [3.05, 3.63) is 76.0 Å². The monoisotopic (exact) mass is 343 g/mol. The lowest BCUT2D eigenvalue weighted by molar-refractivity contribution is 0.425. The summed E-state index contributed by atoms with van der Waals surface area (Å²) in [6.45, 7) is 0. The van der Waals surface area contributed by atoms with E-state index in [2.05, 4.69) is 51.6 Å². The first-order valence-corrected chi connectivity index (χ1v) is 8.00. The molecule has 0 unspecified atom stereocenters. The summed E-state index contributed by atoms with van der Waals surface area (Å²) in [5.74, 6) is 0.756. The molecule has 3 heteroatoms. The van der Waals surface area contributed by atoms with E-state index in [-0.39, 0.29) is 11.9 Å². The summed E-state index contributed by atoms with van der Waals surface area (Å²) in [5.41, 5.74) is 3.69. The first kappa shape index (κ1) is 13.1. The highest BCUT2D eigenvalue weighted by atomic mass is 79.9. The van der Waals surface area contributed by atoms with E-state index < -0.39 is 0 Å². The van der Waals surface area contributed by atoms with Gasteiger partial charge in [0.1, 0.15) is 5.82 Å². The van der Waals surface area contributed by atoms with Gasteiger partial charge in [0.2, 0.25) is 0 Å². The van der Waals surface area contributed by atoms with Crippen molar-refractivity contribution in [2.75, 3.05) is 5.32 Å². The highest BCUT2D eigenvalue weighted by molar-refractivity contribution is 9.10. The van der Waals surface area contributed by atoms with Crippen molar-refractivity contribution in [1.29, 1.82) is 0 Å². The number of rotatable bonds is 1. The number of hydrogen-bond donors (Lipinski definition) is 1. The minimum absolute atomic E-state index is 0.181. The third-order valence-electron chi connectivity index (χ3n) is 4.55. The van der Waals surface area contributed by atoms with Gasteiger partial charge in [-0.2, -0.15) is 0 Å². The van der Waals surface area contributed by atoms with Crippen molar-refractivity contribution in [1.82, 2.24) is 0 Å². The molecule has 2 aromatic rings. The fourth-order valence-electron chi connectivity index (χ4n) is 3.57. The van der Waals surface area contributed by atoms with E-state index in [4.69, 9.17) is 0 Å². The van der Waals surface area contributed by atoms with Crippen LogP contribution in [0.2, 0.25) is 0 Å². The van der Waals surface area contributed by atoms with Crippen LogP contribution in [0.1, 0.15) is 29.5 Å². The largest absolute Gasteiger partial charge is 0.378 e. The van der Waals surface area contributed by atoms with Gasteiger partial charge >= 0.3 is 0 Å². The van der Waals surface area contributed by atoms with E-state index in [9.17, 15) is 4.39 Å². The minimum atomic E-state index is -0.181. The molecule has 0 bridgehead atoms. The first-order valence-electron chi connectivity index (χ1n) is 7.20. The van der Waals surface area contributed by atoms with Crippen molar-refractivity contribution in [3.8, 4) is 0 Å². The summed E-state index contributed by atoms with van der Waals surface area (Å²) >= 11 is 3.56. The molecule has 1 aliphatic heterocycles. The molecule has 106 valence electrons. The molecule has 0 spiro atoms. The smallest absolute Gasteiger partial charge is 0.123 e. The fraction of sp³-hybridized carbons (Fsp3) is 0.222. The van der Waals surface area contributed by atoms with Gasteiger partial charge in [0, 0.05) is 16.1 Å². The Morgan fingerprint density at radius 1 is 1.10 bits per heavy atom. The second-order valence-electron chi connectivity index (χ2n) is 5.76. The molecule has 0 saturated carbocycles. The molecule has 0 aromatic heterocycles. The molecular weight excluding hydrogens is 329 g/mol. The van der Waals surface area contributed by atoms with Crippen LogP contribution in [0.4, 0.5) is 10.1 Å². The molecule has 4 rings (SSSR count). The zero-order valence-corrected chi connectivity index (χ0v) is 13.0. The average molecular weight is 344 g/mol. The second kappa shape index (κ2) is 4.99. The van der Waals surface area contributed by atoms with E-state index in [0.717, 1.165) is 16.5 Å². The van der Waals surface area contributed by atoms with E-state index in [0.29, 0.717) is 11.8 Å². The van der Waals surface area contributed by atoms with Crippen molar-refractivity contribution in [3.63, 3.8) is 0 Å². The zero-order chi connectivity index (χ0) is 14.4. The van der Waals surface area contributed by atoms with Crippen molar-refractivity contribution in [2.45, 2.75) is 18.4 Å². The van der Waals surface area contributed by atoms with Gasteiger partial charge in [0.15, 0.2) is 0 Å². The lowest BCUT2D eigenvalue weighted by Crippen LogP contribution is -2.29. The molecule has 2 aromatic carbocycles. The third-order valence-corrected chi connectivity index (χ3v) is 5.05. The molecule has 1 aliphatic carbocycles. The van der Waals surface area contributed by atoms with Crippen LogP contribution in [0.15, 0.2) is 59.1 Å². The Bertz CT molecular complexity index is 708. The van der Waals surface area contributed by atoms with Gasteiger partial charge in [-0.25, -0.2) is 4.39 Å². The molecule has 0 fully saturated rings. The van der Waals surface area contributed by atoms with Gasteiger partial charge < -0.3 is 5.32 Å². The minimum Gasteiger partial charge on any atom is -0.378 e. The third kappa shape index (κ3) is 2.20. The second-order valence-corrected chi connectivity index (χ2v) is 6.67. The van der Waals surface area contributed by atoms with Crippen LogP contribution in [-0.2, 0) is 0 Å². The van der Waals surface area contributed by atoms with Crippen LogP contribution in [0.25, 0.3) is 0 Å². The van der Waals surface area contributed by atoms with Crippen molar-refractivity contribution in [2.24, 2.45) is 5.92 Å². The number of allylic oxidation sites excluding steroid dienone is 2. The van der Waals surface area contributed by atoms with E-state index in [1.165, 1.54) is 11.3 Å². The molecule has 2 aliphatic rings. The van der Waals surface area contributed by atoms with Crippen LogP contribution in [0, 0.1) is 11.7 Å². The van der Waals surface area contributed by atoms with Gasteiger partial charge in [0.25, 0.3) is 0 Å². The highest BCUT2D eigenvalue weighted by Crippen LogP contribution is 2.50. The van der Waals surface area contributed by atoms with Crippen molar-refractivity contribution >= 4 is 21.6 Å². The van der Waals surface area contributed by atoms with Crippen LogP contribution < -0.4 is 5.32 Å². The number of fused-ring (bicyclic) bond motifs is 3. The van der Waals surface area contributed by atoms with Crippen LogP contribution in [0.3, 0.4) is 0 Å². The summed E-state index contributed by atoms with van der Waals surface area (Å²) in [6.07, 6.45) is 5.64. The van der Waals surface area contributed by atoms with E-state index >= 15 is 0 Å². The van der Waals surface area contributed by atoms with Crippen LogP contribution in [0.5, 0.6) is 0 Å². The van der Waals surface area contributed by atoms with Gasteiger partial charge in [0.05, 0.1) is 6.04 Å². The Hall–Kier alpha value is -1.61. The average Bonchev–Trinajstić information content (AvgIpc) is 2.97. The first-order chi connectivity index (χ1) is 10.2. The number of halogens is 2. The predicted octanol–water partition coefficient (Wildman–Crippen LogP) is 5.41. The van der Waals surface area contributed by atoms with Gasteiger partial charge in [-0.3, -0.25) is 0 Å². The molecule has 3 atom stereocenters. The maximum Gasteiger partial charge on any atom is 0.123 e. The lowest BCUT2D eigenvalue weighted by atomic mass is 9.77. The molecule has 1 N–H and O–H groups in total. The van der Waals surface area contributed by atoms with Gasteiger partial charge in [-0.05, 0) is 53.8 Å². The summed E-state index contributed by atoms with van der Waals surface area (Å²) < 4.78 is 14.3. The zero-order valence-electron chi connectivity index (χ0n) is 11.4. The predicted molar refractivity (Wildman–Crippen MR) is 86.9 cm³/mol.